The summed E-state index contributed by atoms with van der Waals surface area (Å²) in [6.07, 6.45) is 1.93. The van der Waals surface area contributed by atoms with Crippen LogP contribution in [0.15, 0.2) is 30.3 Å². The SMILES string of the molecule is CC(C)C1C[C@H](Cc2ccccc2)NC1=O. The fourth-order valence-corrected chi connectivity index (χ4v) is 2.39. The van der Waals surface area contributed by atoms with Crippen molar-refractivity contribution in [2.24, 2.45) is 11.8 Å². The minimum absolute atomic E-state index is 0.203. The van der Waals surface area contributed by atoms with Gasteiger partial charge in [0.15, 0.2) is 0 Å². The fourth-order valence-electron chi connectivity index (χ4n) is 2.39. The molecule has 0 spiro atoms. The summed E-state index contributed by atoms with van der Waals surface area (Å²) in [6.45, 7) is 4.24. The predicted octanol–water partition coefficient (Wildman–Crippen LogP) is 2.39. The average Bonchev–Trinajstić information content (AvgIpc) is 2.61. The van der Waals surface area contributed by atoms with Gasteiger partial charge < -0.3 is 5.32 Å². The van der Waals surface area contributed by atoms with Gasteiger partial charge in [-0.05, 0) is 24.3 Å². The molecule has 16 heavy (non-hydrogen) atoms. The highest BCUT2D eigenvalue weighted by Crippen LogP contribution is 2.24. The largest absolute Gasteiger partial charge is 0.353 e. The first kappa shape index (κ1) is 11.2. The molecule has 86 valence electrons. The van der Waals surface area contributed by atoms with E-state index in [2.05, 4.69) is 31.3 Å². The summed E-state index contributed by atoms with van der Waals surface area (Å²) in [5.74, 6) is 0.880. The molecule has 1 heterocycles. The summed E-state index contributed by atoms with van der Waals surface area (Å²) in [5, 5.41) is 3.09. The van der Waals surface area contributed by atoms with Crippen LogP contribution in [0, 0.1) is 11.8 Å². The molecule has 2 rings (SSSR count). The molecule has 1 aliphatic heterocycles. The van der Waals surface area contributed by atoms with Crippen LogP contribution in [-0.2, 0) is 11.2 Å². The summed E-state index contributed by atoms with van der Waals surface area (Å²) in [7, 11) is 0. The molecule has 0 aliphatic carbocycles. The van der Waals surface area contributed by atoms with Crippen LogP contribution in [-0.4, -0.2) is 11.9 Å². The van der Waals surface area contributed by atoms with Crippen molar-refractivity contribution in [3.05, 3.63) is 35.9 Å². The maximum atomic E-state index is 11.7. The number of amides is 1. The van der Waals surface area contributed by atoms with Gasteiger partial charge >= 0.3 is 0 Å². The molecule has 1 unspecified atom stereocenters. The normalized spacial score (nSPS) is 24.8. The van der Waals surface area contributed by atoms with Crippen molar-refractivity contribution in [1.82, 2.24) is 5.32 Å². The Hall–Kier alpha value is -1.31. The van der Waals surface area contributed by atoms with Crippen molar-refractivity contribution >= 4 is 5.91 Å². The molecule has 0 saturated carbocycles. The van der Waals surface area contributed by atoms with Gasteiger partial charge in [-0.1, -0.05) is 44.2 Å². The molecule has 1 amide bonds. The van der Waals surface area contributed by atoms with Crippen molar-refractivity contribution in [2.75, 3.05) is 0 Å². The van der Waals surface area contributed by atoms with Crippen LogP contribution in [0.1, 0.15) is 25.8 Å². The Kier molecular flexibility index (Phi) is 3.28. The van der Waals surface area contributed by atoms with Crippen LogP contribution in [0.5, 0.6) is 0 Å². The second kappa shape index (κ2) is 4.69. The van der Waals surface area contributed by atoms with Gasteiger partial charge in [-0.3, -0.25) is 4.79 Å². The van der Waals surface area contributed by atoms with Crippen molar-refractivity contribution in [2.45, 2.75) is 32.7 Å². The summed E-state index contributed by atoms with van der Waals surface area (Å²) in [6, 6.07) is 10.7. The summed E-state index contributed by atoms with van der Waals surface area (Å²) in [4.78, 5) is 11.7. The van der Waals surface area contributed by atoms with Crippen LogP contribution < -0.4 is 5.32 Å². The molecule has 1 saturated heterocycles. The van der Waals surface area contributed by atoms with Gasteiger partial charge in [0.2, 0.25) is 5.91 Å². The molecule has 0 radical (unpaired) electrons. The van der Waals surface area contributed by atoms with Crippen LogP contribution in [0.25, 0.3) is 0 Å². The second-order valence-corrected chi connectivity index (χ2v) is 4.98. The third kappa shape index (κ3) is 2.43. The molecule has 1 aromatic rings. The monoisotopic (exact) mass is 217 g/mol. The Labute approximate surface area is 97.1 Å². The Balaban J connectivity index is 1.97. The predicted molar refractivity (Wildman–Crippen MR) is 65.0 cm³/mol. The Morgan fingerprint density at radius 1 is 1.31 bits per heavy atom. The summed E-state index contributed by atoms with van der Waals surface area (Å²) in [5.41, 5.74) is 1.30. The van der Waals surface area contributed by atoms with E-state index in [9.17, 15) is 4.79 Å². The van der Waals surface area contributed by atoms with E-state index in [1.54, 1.807) is 0 Å². The highest BCUT2D eigenvalue weighted by Gasteiger charge is 2.33. The minimum Gasteiger partial charge on any atom is -0.353 e. The zero-order valence-corrected chi connectivity index (χ0v) is 9.94. The Bertz CT molecular complexity index is 358. The van der Waals surface area contributed by atoms with Gasteiger partial charge in [-0.25, -0.2) is 0 Å². The molecule has 0 bridgehead atoms. The molecule has 1 fully saturated rings. The first-order valence-corrected chi connectivity index (χ1v) is 6.01. The lowest BCUT2D eigenvalue weighted by Crippen LogP contribution is -2.28. The maximum Gasteiger partial charge on any atom is 0.223 e. The Morgan fingerprint density at radius 3 is 2.56 bits per heavy atom. The molecule has 0 aromatic heterocycles. The highest BCUT2D eigenvalue weighted by atomic mass is 16.2. The average molecular weight is 217 g/mol. The van der Waals surface area contributed by atoms with E-state index >= 15 is 0 Å². The highest BCUT2D eigenvalue weighted by molar-refractivity contribution is 5.81. The van der Waals surface area contributed by atoms with Gasteiger partial charge in [0.25, 0.3) is 0 Å². The van der Waals surface area contributed by atoms with E-state index in [0.717, 1.165) is 12.8 Å². The quantitative estimate of drug-likeness (QED) is 0.827. The summed E-state index contributed by atoms with van der Waals surface area (Å²) >= 11 is 0. The van der Waals surface area contributed by atoms with E-state index in [-0.39, 0.29) is 11.8 Å². The molecule has 2 nitrogen and oxygen atoms in total. The lowest BCUT2D eigenvalue weighted by Gasteiger charge is -2.11. The van der Waals surface area contributed by atoms with E-state index in [1.165, 1.54) is 5.56 Å². The van der Waals surface area contributed by atoms with Gasteiger partial charge in [-0.2, -0.15) is 0 Å². The second-order valence-electron chi connectivity index (χ2n) is 4.98. The number of rotatable bonds is 3. The zero-order valence-electron chi connectivity index (χ0n) is 9.94. The maximum absolute atomic E-state index is 11.7. The molecule has 1 N–H and O–H groups in total. The van der Waals surface area contributed by atoms with Crippen molar-refractivity contribution in [1.29, 1.82) is 0 Å². The number of benzene rings is 1. The molecule has 1 aliphatic rings. The number of carbonyl (C=O) groups is 1. The third-order valence-corrected chi connectivity index (χ3v) is 3.35. The lowest BCUT2D eigenvalue weighted by atomic mass is 9.91. The lowest BCUT2D eigenvalue weighted by molar-refractivity contribution is -0.123. The number of carbonyl (C=O) groups excluding carboxylic acids is 1. The first-order valence-electron chi connectivity index (χ1n) is 6.01. The van der Waals surface area contributed by atoms with E-state index in [0.29, 0.717) is 12.0 Å². The first-order chi connectivity index (χ1) is 7.66. The topological polar surface area (TPSA) is 29.1 Å². The van der Waals surface area contributed by atoms with Gasteiger partial charge in [0.05, 0.1) is 0 Å². The van der Waals surface area contributed by atoms with Crippen LogP contribution in [0.4, 0.5) is 0 Å². The van der Waals surface area contributed by atoms with Crippen LogP contribution in [0.2, 0.25) is 0 Å². The van der Waals surface area contributed by atoms with Crippen molar-refractivity contribution in [3.63, 3.8) is 0 Å². The van der Waals surface area contributed by atoms with Crippen LogP contribution in [0.3, 0.4) is 0 Å². The van der Waals surface area contributed by atoms with E-state index in [4.69, 9.17) is 0 Å². The van der Waals surface area contributed by atoms with Crippen molar-refractivity contribution < 1.29 is 4.79 Å². The molecule has 2 heteroatoms. The molecular weight excluding hydrogens is 198 g/mol. The number of hydrogen-bond acceptors (Lipinski definition) is 1. The standard InChI is InChI=1S/C14H19NO/c1-10(2)13-9-12(15-14(13)16)8-11-6-4-3-5-7-11/h3-7,10,12-13H,8-9H2,1-2H3,(H,15,16)/t12-,13?/m0/s1. The van der Waals surface area contributed by atoms with Gasteiger partial charge in [0.1, 0.15) is 0 Å². The molecule has 1 aromatic carbocycles. The summed E-state index contributed by atoms with van der Waals surface area (Å²) < 4.78 is 0. The zero-order chi connectivity index (χ0) is 11.5. The van der Waals surface area contributed by atoms with E-state index in [1.807, 2.05) is 18.2 Å². The van der Waals surface area contributed by atoms with Gasteiger partial charge in [-0.15, -0.1) is 0 Å². The van der Waals surface area contributed by atoms with Gasteiger partial charge in [0, 0.05) is 12.0 Å². The number of nitrogens with one attached hydrogen (secondary N) is 1. The third-order valence-electron chi connectivity index (χ3n) is 3.35. The fraction of sp³-hybridized carbons (Fsp3) is 0.500. The van der Waals surface area contributed by atoms with Crippen molar-refractivity contribution in [3.8, 4) is 0 Å². The minimum atomic E-state index is 0.203. The van der Waals surface area contributed by atoms with E-state index < -0.39 is 0 Å². The molecular formula is C14H19NO. The Morgan fingerprint density at radius 2 is 2.00 bits per heavy atom. The smallest absolute Gasteiger partial charge is 0.223 e. The number of hydrogen-bond donors (Lipinski definition) is 1. The molecule has 2 atom stereocenters. The van der Waals surface area contributed by atoms with Crippen LogP contribution >= 0.6 is 0 Å².